The Bertz CT molecular complexity index is 514. The zero-order valence-electron chi connectivity index (χ0n) is 10.3. The lowest BCUT2D eigenvalue weighted by Crippen LogP contribution is -2.22. The Labute approximate surface area is 112 Å². The van der Waals surface area contributed by atoms with Crippen molar-refractivity contribution in [2.24, 2.45) is 0 Å². The summed E-state index contributed by atoms with van der Waals surface area (Å²) in [5.74, 6) is 0.499. The van der Waals surface area contributed by atoms with Crippen LogP contribution >= 0.6 is 11.6 Å². The van der Waals surface area contributed by atoms with Crippen molar-refractivity contribution in [1.29, 1.82) is 0 Å². The van der Waals surface area contributed by atoms with Crippen LogP contribution in [0.25, 0.3) is 0 Å². The normalized spacial score (nSPS) is 10.3. The van der Waals surface area contributed by atoms with Gasteiger partial charge in [0.05, 0.1) is 17.3 Å². The molecule has 2 N–H and O–H groups in total. The first-order valence-electron chi connectivity index (χ1n) is 5.91. The minimum atomic E-state index is 0.499. The molecule has 0 saturated heterocycles. The second-order valence-corrected chi connectivity index (χ2v) is 4.42. The Balaban J connectivity index is 2.23. The fourth-order valence-electron chi connectivity index (χ4n) is 1.82. The van der Waals surface area contributed by atoms with E-state index in [2.05, 4.69) is 28.9 Å². The standard InChI is InChI=1S/C14H16ClN3/c1-2-18(11-6-4-3-5-7-11)10-13-12(15)8-9-14(16)17-13/h3-9H,2,10H2,1H3,(H2,16,17). The number of hydrogen-bond donors (Lipinski definition) is 1. The number of hydrogen-bond acceptors (Lipinski definition) is 3. The minimum absolute atomic E-state index is 0.499. The number of nitrogen functional groups attached to an aromatic ring is 1. The van der Waals surface area contributed by atoms with Gasteiger partial charge in [0.15, 0.2) is 0 Å². The predicted octanol–water partition coefficient (Wildman–Crippen LogP) is 3.34. The Hall–Kier alpha value is -1.74. The molecule has 0 radical (unpaired) electrons. The fraction of sp³-hybridized carbons (Fsp3) is 0.214. The van der Waals surface area contributed by atoms with Crippen molar-refractivity contribution in [1.82, 2.24) is 4.98 Å². The van der Waals surface area contributed by atoms with Gasteiger partial charge in [-0.2, -0.15) is 0 Å². The van der Waals surface area contributed by atoms with Crippen molar-refractivity contribution in [2.75, 3.05) is 17.2 Å². The monoisotopic (exact) mass is 261 g/mol. The summed E-state index contributed by atoms with van der Waals surface area (Å²) in [6.45, 7) is 3.65. The second kappa shape index (κ2) is 5.74. The Morgan fingerprint density at radius 1 is 1.17 bits per heavy atom. The van der Waals surface area contributed by atoms with E-state index in [9.17, 15) is 0 Å². The molecule has 94 valence electrons. The number of aromatic nitrogens is 1. The highest BCUT2D eigenvalue weighted by atomic mass is 35.5. The molecular formula is C14H16ClN3. The molecule has 0 atom stereocenters. The number of nitrogens with two attached hydrogens (primary N) is 1. The summed E-state index contributed by atoms with van der Waals surface area (Å²) in [4.78, 5) is 6.49. The van der Waals surface area contributed by atoms with Gasteiger partial charge in [-0.1, -0.05) is 29.8 Å². The zero-order chi connectivity index (χ0) is 13.0. The maximum absolute atomic E-state index is 6.14. The molecule has 2 rings (SSSR count). The average Bonchev–Trinajstić information content (AvgIpc) is 2.41. The van der Waals surface area contributed by atoms with E-state index in [0.29, 0.717) is 17.4 Å². The van der Waals surface area contributed by atoms with E-state index in [4.69, 9.17) is 17.3 Å². The first kappa shape index (κ1) is 12.7. The first-order chi connectivity index (χ1) is 8.70. The number of rotatable bonds is 4. The van der Waals surface area contributed by atoms with Gasteiger partial charge in [0.2, 0.25) is 0 Å². The lowest BCUT2D eigenvalue weighted by molar-refractivity contribution is 0.811. The molecule has 0 aliphatic heterocycles. The summed E-state index contributed by atoms with van der Waals surface area (Å²) >= 11 is 6.14. The predicted molar refractivity (Wildman–Crippen MR) is 76.8 cm³/mol. The van der Waals surface area contributed by atoms with E-state index in [-0.39, 0.29) is 0 Å². The molecule has 0 fully saturated rings. The number of pyridine rings is 1. The largest absolute Gasteiger partial charge is 0.384 e. The van der Waals surface area contributed by atoms with Gasteiger partial charge in [0.25, 0.3) is 0 Å². The molecule has 0 spiro atoms. The zero-order valence-corrected chi connectivity index (χ0v) is 11.1. The van der Waals surface area contributed by atoms with Crippen LogP contribution in [-0.4, -0.2) is 11.5 Å². The van der Waals surface area contributed by atoms with Gasteiger partial charge in [-0.25, -0.2) is 4.98 Å². The van der Waals surface area contributed by atoms with Crippen molar-refractivity contribution < 1.29 is 0 Å². The maximum atomic E-state index is 6.14. The van der Waals surface area contributed by atoms with Gasteiger partial charge >= 0.3 is 0 Å². The van der Waals surface area contributed by atoms with Gasteiger partial charge in [-0.05, 0) is 31.2 Å². The van der Waals surface area contributed by atoms with E-state index in [1.807, 2.05) is 18.2 Å². The molecule has 0 saturated carbocycles. The summed E-state index contributed by atoms with van der Waals surface area (Å²) in [5.41, 5.74) is 7.66. The number of halogens is 1. The Morgan fingerprint density at radius 2 is 1.89 bits per heavy atom. The van der Waals surface area contributed by atoms with Crippen molar-refractivity contribution in [3.8, 4) is 0 Å². The summed E-state index contributed by atoms with van der Waals surface area (Å²) < 4.78 is 0. The van der Waals surface area contributed by atoms with Crippen molar-refractivity contribution in [3.63, 3.8) is 0 Å². The van der Waals surface area contributed by atoms with Gasteiger partial charge in [0.1, 0.15) is 5.82 Å². The van der Waals surface area contributed by atoms with Crippen LogP contribution < -0.4 is 10.6 Å². The molecule has 0 amide bonds. The van der Waals surface area contributed by atoms with E-state index < -0.39 is 0 Å². The molecule has 4 heteroatoms. The van der Waals surface area contributed by atoms with Gasteiger partial charge in [-0.3, -0.25) is 0 Å². The van der Waals surface area contributed by atoms with E-state index in [1.165, 1.54) is 0 Å². The van der Waals surface area contributed by atoms with Crippen LogP contribution in [-0.2, 0) is 6.54 Å². The number of anilines is 2. The van der Waals surface area contributed by atoms with Crippen LogP contribution in [0.4, 0.5) is 11.5 Å². The molecule has 18 heavy (non-hydrogen) atoms. The maximum Gasteiger partial charge on any atom is 0.123 e. The van der Waals surface area contributed by atoms with E-state index >= 15 is 0 Å². The van der Waals surface area contributed by atoms with E-state index in [1.54, 1.807) is 12.1 Å². The van der Waals surface area contributed by atoms with Crippen LogP contribution in [0.5, 0.6) is 0 Å². The molecule has 1 heterocycles. The molecule has 2 aromatic rings. The first-order valence-corrected chi connectivity index (χ1v) is 6.29. The summed E-state index contributed by atoms with van der Waals surface area (Å²) in [6.07, 6.45) is 0. The fourth-order valence-corrected chi connectivity index (χ4v) is 1.98. The quantitative estimate of drug-likeness (QED) is 0.918. The number of benzene rings is 1. The van der Waals surface area contributed by atoms with Crippen LogP contribution in [0.3, 0.4) is 0 Å². The SMILES string of the molecule is CCN(Cc1nc(N)ccc1Cl)c1ccccc1. The minimum Gasteiger partial charge on any atom is -0.384 e. The Kier molecular flexibility index (Phi) is 4.05. The number of nitrogens with zero attached hydrogens (tertiary/aromatic N) is 2. The van der Waals surface area contributed by atoms with Gasteiger partial charge in [0, 0.05) is 12.2 Å². The highest BCUT2D eigenvalue weighted by molar-refractivity contribution is 6.31. The van der Waals surface area contributed by atoms with Gasteiger partial charge in [-0.15, -0.1) is 0 Å². The summed E-state index contributed by atoms with van der Waals surface area (Å²) in [5, 5.41) is 0.651. The van der Waals surface area contributed by atoms with Crippen molar-refractivity contribution in [2.45, 2.75) is 13.5 Å². The van der Waals surface area contributed by atoms with Crippen molar-refractivity contribution >= 4 is 23.1 Å². The number of para-hydroxylation sites is 1. The van der Waals surface area contributed by atoms with Crippen LogP contribution in [0, 0.1) is 0 Å². The third-order valence-electron chi connectivity index (χ3n) is 2.78. The Morgan fingerprint density at radius 3 is 2.56 bits per heavy atom. The van der Waals surface area contributed by atoms with Crippen LogP contribution in [0.15, 0.2) is 42.5 Å². The van der Waals surface area contributed by atoms with Crippen LogP contribution in [0.1, 0.15) is 12.6 Å². The molecule has 3 nitrogen and oxygen atoms in total. The van der Waals surface area contributed by atoms with Crippen molar-refractivity contribution in [3.05, 3.63) is 53.2 Å². The highest BCUT2D eigenvalue weighted by Gasteiger charge is 2.09. The summed E-state index contributed by atoms with van der Waals surface area (Å²) in [7, 11) is 0. The third-order valence-corrected chi connectivity index (χ3v) is 3.13. The lowest BCUT2D eigenvalue weighted by atomic mass is 10.2. The summed E-state index contributed by atoms with van der Waals surface area (Å²) in [6, 6.07) is 13.7. The smallest absolute Gasteiger partial charge is 0.123 e. The second-order valence-electron chi connectivity index (χ2n) is 4.01. The lowest BCUT2D eigenvalue weighted by Gasteiger charge is -2.23. The molecule has 1 aromatic carbocycles. The third kappa shape index (κ3) is 2.93. The molecular weight excluding hydrogens is 246 g/mol. The molecule has 0 unspecified atom stereocenters. The van der Waals surface area contributed by atoms with E-state index in [0.717, 1.165) is 17.9 Å². The molecule has 1 aromatic heterocycles. The topological polar surface area (TPSA) is 42.2 Å². The van der Waals surface area contributed by atoms with Crippen LogP contribution in [0.2, 0.25) is 5.02 Å². The molecule has 0 aliphatic carbocycles. The van der Waals surface area contributed by atoms with Gasteiger partial charge < -0.3 is 10.6 Å². The molecule has 0 aliphatic rings. The average molecular weight is 262 g/mol. The molecule has 0 bridgehead atoms. The highest BCUT2D eigenvalue weighted by Crippen LogP contribution is 2.21.